The lowest BCUT2D eigenvalue weighted by Gasteiger charge is -2.32. The number of anilines is 1. The summed E-state index contributed by atoms with van der Waals surface area (Å²) >= 11 is 2.28. The van der Waals surface area contributed by atoms with Gasteiger partial charge in [0.05, 0.1) is 3.57 Å². The first-order valence-electron chi connectivity index (χ1n) is 6.24. The maximum Gasteiger partial charge on any atom is 0.143 e. The smallest absolute Gasteiger partial charge is 0.143 e. The van der Waals surface area contributed by atoms with Gasteiger partial charge in [0.25, 0.3) is 0 Å². The molecule has 1 aliphatic rings. The fourth-order valence-corrected chi connectivity index (χ4v) is 2.69. The van der Waals surface area contributed by atoms with E-state index in [1.807, 2.05) is 6.20 Å². The van der Waals surface area contributed by atoms with Gasteiger partial charge in [0.15, 0.2) is 0 Å². The van der Waals surface area contributed by atoms with Crippen molar-refractivity contribution in [2.24, 2.45) is 0 Å². The van der Waals surface area contributed by atoms with E-state index in [2.05, 4.69) is 49.7 Å². The molecule has 0 atom stereocenters. The lowest BCUT2D eigenvalue weighted by Crippen LogP contribution is -2.39. The number of likely N-dealkylation sites (tertiary alicyclic amines) is 1. The van der Waals surface area contributed by atoms with Crippen LogP contribution in [0.3, 0.4) is 0 Å². The van der Waals surface area contributed by atoms with Crippen LogP contribution >= 0.6 is 22.6 Å². The Morgan fingerprint density at radius 1 is 1.47 bits per heavy atom. The van der Waals surface area contributed by atoms with Crippen LogP contribution in [0.25, 0.3) is 0 Å². The second kappa shape index (κ2) is 6.49. The second-order valence-electron chi connectivity index (χ2n) is 4.48. The van der Waals surface area contributed by atoms with Crippen molar-refractivity contribution in [2.45, 2.75) is 32.2 Å². The van der Waals surface area contributed by atoms with E-state index in [0.717, 1.165) is 9.39 Å². The van der Waals surface area contributed by atoms with Crippen molar-refractivity contribution in [3.05, 3.63) is 16.1 Å². The van der Waals surface area contributed by atoms with Gasteiger partial charge in [-0.25, -0.2) is 9.97 Å². The Morgan fingerprint density at radius 2 is 2.24 bits per heavy atom. The topological polar surface area (TPSA) is 41.0 Å². The van der Waals surface area contributed by atoms with E-state index in [1.54, 1.807) is 6.33 Å². The van der Waals surface area contributed by atoms with Gasteiger partial charge in [-0.1, -0.05) is 6.92 Å². The third kappa shape index (κ3) is 3.77. The van der Waals surface area contributed by atoms with Crippen molar-refractivity contribution in [3.63, 3.8) is 0 Å². The molecule has 94 valence electrons. The van der Waals surface area contributed by atoms with Crippen LogP contribution in [0.15, 0.2) is 12.5 Å². The molecule has 2 heterocycles. The second-order valence-corrected chi connectivity index (χ2v) is 5.64. The number of piperidine rings is 1. The van der Waals surface area contributed by atoms with Crippen LogP contribution in [0, 0.1) is 3.57 Å². The normalized spacial score (nSPS) is 18.2. The standard InChI is InChI=1S/C12H19IN4/c1-2-5-17-6-3-10(4-7-17)16-12-11(13)8-14-9-15-12/h8-10H,2-7H2,1H3,(H,14,15,16). The molecule has 4 nitrogen and oxygen atoms in total. The minimum atomic E-state index is 0.562. The monoisotopic (exact) mass is 346 g/mol. The average Bonchev–Trinajstić information content (AvgIpc) is 2.35. The molecule has 0 aromatic carbocycles. The number of hydrogen-bond donors (Lipinski definition) is 1. The van der Waals surface area contributed by atoms with E-state index >= 15 is 0 Å². The summed E-state index contributed by atoms with van der Waals surface area (Å²) in [7, 11) is 0. The summed E-state index contributed by atoms with van der Waals surface area (Å²) in [5.74, 6) is 0.981. The first-order valence-corrected chi connectivity index (χ1v) is 7.32. The van der Waals surface area contributed by atoms with Crippen LogP contribution in [0.5, 0.6) is 0 Å². The number of rotatable bonds is 4. The molecule has 0 bridgehead atoms. The number of halogens is 1. The van der Waals surface area contributed by atoms with Crippen molar-refractivity contribution in [2.75, 3.05) is 25.0 Å². The highest BCUT2D eigenvalue weighted by atomic mass is 127. The summed E-state index contributed by atoms with van der Waals surface area (Å²) in [4.78, 5) is 10.8. The number of hydrogen-bond acceptors (Lipinski definition) is 4. The SMILES string of the molecule is CCCN1CCC(Nc2ncncc2I)CC1. The van der Waals surface area contributed by atoms with Gasteiger partial charge in [-0.3, -0.25) is 0 Å². The van der Waals surface area contributed by atoms with Crippen LogP contribution in [0.1, 0.15) is 26.2 Å². The van der Waals surface area contributed by atoms with Crippen molar-refractivity contribution in [3.8, 4) is 0 Å². The molecule has 0 spiro atoms. The van der Waals surface area contributed by atoms with Gasteiger partial charge in [-0.15, -0.1) is 0 Å². The molecule has 1 N–H and O–H groups in total. The van der Waals surface area contributed by atoms with E-state index in [9.17, 15) is 0 Å². The molecule has 1 fully saturated rings. The highest BCUT2D eigenvalue weighted by Gasteiger charge is 2.19. The Morgan fingerprint density at radius 3 is 2.88 bits per heavy atom. The van der Waals surface area contributed by atoms with Crippen LogP contribution in [0.4, 0.5) is 5.82 Å². The van der Waals surface area contributed by atoms with E-state index in [-0.39, 0.29) is 0 Å². The Balaban J connectivity index is 1.84. The molecule has 17 heavy (non-hydrogen) atoms. The highest BCUT2D eigenvalue weighted by molar-refractivity contribution is 14.1. The predicted molar refractivity (Wildman–Crippen MR) is 78.1 cm³/mol. The molecule has 0 aliphatic carbocycles. The maximum absolute atomic E-state index is 4.28. The minimum Gasteiger partial charge on any atom is -0.366 e. The van der Waals surface area contributed by atoms with Crippen LogP contribution in [-0.4, -0.2) is 40.5 Å². The first-order chi connectivity index (χ1) is 8.29. The van der Waals surface area contributed by atoms with Gasteiger partial charge >= 0.3 is 0 Å². The van der Waals surface area contributed by atoms with Gasteiger partial charge in [0.2, 0.25) is 0 Å². The molecule has 1 aromatic heterocycles. The number of aromatic nitrogens is 2. The number of nitrogens with one attached hydrogen (secondary N) is 1. The maximum atomic E-state index is 4.28. The molecule has 1 saturated heterocycles. The molecule has 1 aromatic rings. The van der Waals surface area contributed by atoms with Gasteiger partial charge < -0.3 is 10.2 Å². The Bertz CT molecular complexity index is 350. The number of nitrogens with zero attached hydrogens (tertiary/aromatic N) is 3. The molecular formula is C12H19IN4. The average molecular weight is 346 g/mol. The zero-order valence-electron chi connectivity index (χ0n) is 10.2. The van der Waals surface area contributed by atoms with Crippen molar-refractivity contribution in [1.82, 2.24) is 14.9 Å². The van der Waals surface area contributed by atoms with Gasteiger partial charge in [0.1, 0.15) is 12.1 Å². The summed E-state index contributed by atoms with van der Waals surface area (Å²) < 4.78 is 1.10. The van der Waals surface area contributed by atoms with Gasteiger partial charge in [0, 0.05) is 25.3 Å². The molecule has 0 saturated carbocycles. The zero-order valence-corrected chi connectivity index (χ0v) is 12.4. The van der Waals surface area contributed by atoms with Crippen molar-refractivity contribution in [1.29, 1.82) is 0 Å². The lowest BCUT2D eigenvalue weighted by molar-refractivity contribution is 0.219. The summed E-state index contributed by atoms with van der Waals surface area (Å²) in [5, 5.41) is 3.53. The largest absolute Gasteiger partial charge is 0.366 e. The Kier molecular flexibility index (Phi) is 4.97. The van der Waals surface area contributed by atoms with E-state index in [4.69, 9.17) is 0 Å². The Labute approximate surface area is 116 Å². The van der Waals surface area contributed by atoms with Crippen molar-refractivity contribution >= 4 is 28.4 Å². The molecule has 0 amide bonds. The fraction of sp³-hybridized carbons (Fsp3) is 0.667. The quantitative estimate of drug-likeness (QED) is 0.850. The Hall–Kier alpha value is -0.430. The van der Waals surface area contributed by atoms with E-state index < -0.39 is 0 Å². The zero-order chi connectivity index (χ0) is 12.1. The summed E-state index contributed by atoms with van der Waals surface area (Å²) in [6.07, 6.45) is 7.13. The predicted octanol–water partition coefficient (Wildman–Crippen LogP) is 2.37. The third-order valence-corrected chi connectivity index (χ3v) is 3.93. The van der Waals surface area contributed by atoms with E-state index in [0.29, 0.717) is 6.04 Å². The van der Waals surface area contributed by atoms with E-state index in [1.165, 1.54) is 38.9 Å². The highest BCUT2D eigenvalue weighted by Crippen LogP contribution is 2.18. The molecule has 2 rings (SSSR count). The van der Waals surface area contributed by atoms with Gasteiger partial charge in [-0.2, -0.15) is 0 Å². The summed E-state index contributed by atoms with van der Waals surface area (Å²) in [5.41, 5.74) is 0. The van der Waals surface area contributed by atoms with Crippen LogP contribution in [-0.2, 0) is 0 Å². The molecular weight excluding hydrogens is 327 g/mol. The molecule has 1 aliphatic heterocycles. The molecule has 5 heteroatoms. The molecule has 0 unspecified atom stereocenters. The first kappa shape index (κ1) is 13.0. The van der Waals surface area contributed by atoms with Crippen LogP contribution in [0.2, 0.25) is 0 Å². The van der Waals surface area contributed by atoms with Crippen molar-refractivity contribution < 1.29 is 0 Å². The minimum absolute atomic E-state index is 0.562. The summed E-state index contributed by atoms with van der Waals surface area (Å²) in [6.45, 7) is 5.88. The fourth-order valence-electron chi connectivity index (χ4n) is 2.23. The van der Waals surface area contributed by atoms with Gasteiger partial charge in [-0.05, 0) is 48.4 Å². The van der Waals surface area contributed by atoms with Crippen LogP contribution < -0.4 is 5.32 Å². The molecule has 0 radical (unpaired) electrons. The third-order valence-electron chi connectivity index (χ3n) is 3.14. The lowest BCUT2D eigenvalue weighted by atomic mass is 10.0. The summed E-state index contributed by atoms with van der Waals surface area (Å²) in [6, 6.07) is 0.562.